The zero-order valence-electron chi connectivity index (χ0n) is 11.7. The number of rotatable bonds is 4. The van der Waals surface area contributed by atoms with Crippen LogP contribution in [0.3, 0.4) is 0 Å². The van der Waals surface area contributed by atoms with Crippen LogP contribution in [0.1, 0.15) is 5.69 Å². The fourth-order valence-corrected chi connectivity index (χ4v) is 2.55. The number of hydroxylamine groups is 2. The lowest BCUT2D eigenvalue weighted by atomic mass is 10.0. The minimum Gasteiger partial charge on any atom is -0.317 e. The molecule has 0 aromatic carbocycles. The summed E-state index contributed by atoms with van der Waals surface area (Å²) in [4.78, 5) is 35.0. The Morgan fingerprint density at radius 1 is 1.52 bits per heavy atom. The average molecular weight is 288 g/mol. The summed E-state index contributed by atoms with van der Waals surface area (Å²) in [5, 5.41) is 1.37. The van der Waals surface area contributed by atoms with Crippen molar-refractivity contribution in [3.8, 4) is 0 Å². The van der Waals surface area contributed by atoms with Gasteiger partial charge in [-0.15, -0.1) is 6.58 Å². The topological polar surface area (TPSA) is 67.7 Å². The summed E-state index contributed by atoms with van der Waals surface area (Å²) in [6.07, 6.45) is 6.52. The van der Waals surface area contributed by atoms with Crippen molar-refractivity contribution in [3.63, 3.8) is 0 Å². The minimum atomic E-state index is -0.212. The van der Waals surface area contributed by atoms with E-state index in [2.05, 4.69) is 11.6 Å². The van der Waals surface area contributed by atoms with E-state index in [1.807, 2.05) is 6.08 Å². The van der Waals surface area contributed by atoms with Gasteiger partial charge in [0.2, 0.25) is 0 Å². The van der Waals surface area contributed by atoms with Gasteiger partial charge >= 0.3 is 6.03 Å². The van der Waals surface area contributed by atoms with E-state index in [-0.39, 0.29) is 24.2 Å². The summed E-state index contributed by atoms with van der Waals surface area (Å²) in [6.45, 7) is 4.94. The van der Waals surface area contributed by atoms with E-state index in [0.29, 0.717) is 18.8 Å². The Morgan fingerprint density at radius 2 is 2.33 bits per heavy atom. The number of hydrogen-bond donors (Lipinski definition) is 0. The molecule has 0 radical (unpaired) electrons. The Balaban J connectivity index is 1.94. The van der Waals surface area contributed by atoms with Crippen LogP contribution in [0.5, 0.6) is 0 Å². The molecule has 110 valence electrons. The van der Waals surface area contributed by atoms with E-state index < -0.39 is 0 Å². The van der Waals surface area contributed by atoms with Gasteiger partial charge in [0.15, 0.2) is 0 Å². The molecule has 0 N–H and O–H groups in total. The molecule has 7 heteroatoms. The summed E-state index contributed by atoms with van der Waals surface area (Å²) >= 11 is 0. The Kier molecular flexibility index (Phi) is 3.34. The minimum absolute atomic E-state index is 0.155. The van der Waals surface area contributed by atoms with Crippen molar-refractivity contribution in [2.45, 2.75) is 6.04 Å². The second-order valence-corrected chi connectivity index (χ2v) is 4.99. The number of aryl methyl sites for hydroxylation is 1. The molecular formula is C14H16N4O3. The Labute approximate surface area is 121 Å². The van der Waals surface area contributed by atoms with Crippen LogP contribution in [0.2, 0.25) is 0 Å². The standard InChI is InChI=1S/C14H16N4O3/c1-3-6-21-18-12-9-17(14(18)20)5-4-10(12)11-8-16(2)13(19)7-15-11/h3-4,7-8,12H,1,5-6,9H2,2H3. The number of urea groups is 1. The van der Waals surface area contributed by atoms with Gasteiger partial charge < -0.3 is 9.47 Å². The first kappa shape index (κ1) is 13.6. The maximum atomic E-state index is 12.2. The van der Waals surface area contributed by atoms with Crippen molar-refractivity contribution in [2.24, 2.45) is 7.05 Å². The molecule has 2 aliphatic heterocycles. The van der Waals surface area contributed by atoms with E-state index in [0.717, 1.165) is 5.57 Å². The Bertz CT molecular complexity index is 679. The van der Waals surface area contributed by atoms with Gasteiger partial charge in [-0.25, -0.2) is 9.78 Å². The highest BCUT2D eigenvalue weighted by molar-refractivity contribution is 5.84. The van der Waals surface area contributed by atoms with Crippen LogP contribution >= 0.6 is 0 Å². The zero-order chi connectivity index (χ0) is 15.0. The van der Waals surface area contributed by atoms with E-state index >= 15 is 0 Å². The monoisotopic (exact) mass is 288 g/mol. The lowest BCUT2D eigenvalue weighted by Gasteiger charge is -2.24. The quantitative estimate of drug-likeness (QED) is 0.752. The third kappa shape index (κ3) is 2.25. The fourth-order valence-electron chi connectivity index (χ4n) is 2.55. The van der Waals surface area contributed by atoms with Crippen LogP contribution in [0, 0.1) is 0 Å². The SMILES string of the molecule is C=CCON1C(=O)N2CC=C(c3cn(C)c(=O)cn3)C1C2. The first-order valence-electron chi connectivity index (χ1n) is 6.67. The molecule has 3 heterocycles. The summed E-state index contributed by atoms with van der Waals surface area (Å²) in [6, 6.07) is -0.367. The molecule has 2 aliphatic rings. The maximum Gasteiger partial charge on any atom is 0.344 e. The molecule has 1 aromatic heterocycles. The third-order valence-electron chi connectivity index (χ3n) is 3.63. The van der Waals surface area contributed by atoms with Gasteiger partial charge in [-0.1, -0.05) is 12.2 Å². The number of carbonyl (C=O) groups excluding carboxylic acids is 1. The van der Waals surface area contributed by atoms with Gasteiger partial charge in [-0.3, -0.25) is 9.63 Å². The second-order valence-electron chi connectivity index (χ2n) is 4.99. The van der Waals surface area contributed by atoms with Crippen molar-refractivity contribution < 1.29 is 9.63 Å². The number of aromatic nitrogens is 2. The van der Waals surface area contributed by atoms with Gasteiger partial charge in [-0.2, -0.15) is 5.06 Å². The molecule has 2 bridgehead atoms. The smallest absolute Gasteiger partial charge is 0.317 e. The largest absolute Gasteiger partial charge is 0.344 e. The first-order valence-corrected chi connectivity index (χ1v) is 6.67. The molecule has 1 saturated heterocycles. The molecule has 1 aromatic rings. The zero-order valence-corrected chi connectivity index (χ0v) is 11.7. The molecule has 1 fully saturated rings. The van der Waals surface area contributed by atoms with Crippen molar-refractivity contribution in [3.05, 3.63) is 47.2 Å². The van der Waals surface area contributed by atoms with Crippen LogP contribution in [0.15, 0.2) is 35.9 Å². The van der Waals surface area contributed by atoms with E-state index in [1.54, 1.807) is 24.2 Å². The lowest BCUT2D eigenvalue weighted by molar-refractivity contribution is -0.105. The van der Waals surface area contributed by atoms with E-state index in [1.165, 1.54) is 15.8 Å². The van der Waals surface area contributed by atoms with E-state index in [4.69, 9.17) is 4.84 Å². The molecule has 2 amide bonds. The highest BCUT2D eigenvalue weighted by atomic mass is 16.7. The predicted octanol–water partition coefficient (Wildman–Crippen LogP) is 0.401. The summed E-state index contributed by atoms with van der Waals surface area (Å²) in [5.41, 5.74) is 1.42. The normalized spacial score (nSPS) is 20.7. The molecule has 1 atom stereocenters. The molecule has 0 spiro atoms. The van der Waals surface area contributed by atoms with Crippen molar-refractivity contribution in [1.29, 1.82) is 0 Å². The molecular weight excluding hydrogens is 272 g/mol. The number of nitrogens with zero attached hydrogens (tertiary/aromatic N) is 4. The van der Waals surface area contributed by atoms with Crippen LogP contribution in [0.4, 0.5) is 4.79 Å². The lowest BCUT2D eigenvalue weighted by Crippen LogP contribution is -2.35. The highest BCUT2D eigenvalue weighted by Crippen LogP contribution is 2.31. The summed E-state index contributed by atoms with van der Waals surface area (Å²) in [5.74, 6) is 0. The first-order chi connectivity index (χ1) is 10.1. The maximum absolute atomic E-state index is 12.2. The van der Waals surface area contributed by atoms with Crippen molar-refractivity contribution in [1.82, 2.24) is 19.5 Å². The van der Waals surface area contributed by atoms with Crippen molar-refractivity contribution in [2.75, 3.05) is 19.7 Å². The molecule has 0 aliphatic carbocycles. The summed E-state index contributed by atoms with van der Waals surface area (Å²) in [7, 11) is 1.68. The second kappa shape index (κ2) is 5.17. The predicted molar refractivity (Wildman–Crippen MR) is 76.2 cm³/mol. The number of hydrogen-bond acceptors (Lipinski definition) is 4. The van der Waals surface area contributed by atoms with Crippen molar-refractivity contribution >= 4 is 11.6 Å². The third-order valence-corrected chi connectivity index (χ3v) is 3.63. The molecule has 7 nitrogen and oxygen atoms in total. The average Bonchev–Trinajstić information content (AvgIpc) is 2.72. The molecule has 1 unspecified atom stereocenters. The van der Waals surface area contributed by atoms with Gasteiger partial charge in [-0.05, 0) is 0 Å². The van der Waals surface area contributed by atoms with Crippen LogP contribution in [-0.4, -0.2) is 51.3 Å². The Hall–Kier alpha value is -2.41. The number of fused-ring (bicyclic) bond motifs is 2. The number of amides is 2. The molecule has 21 heavy (non-hydrogen) atoms. The fraction of sp³-hybridized carbons (Fsp3) is 0.357. The van der Waals surface area contributed by atoms with Crippen LogP contribution in [-0.2, 0) is 11.9 Å². The number of carbonyl (C=O) groups is 1. The Morgan fingerprint density at radius 3 is 3.05 bits per heavy atom. The molecule has 3 rings (SSSR count). The molecule has 0 saturated carbocycles. The summed E-state index contributed by atoms with van der Waals surface area (Å²) < 4.78 is 1.47. The van der Waals surface area contributed by atoms with Gasteiger partial charge in [0.25, 0.3) is 5.56 Å². The van der Waals surface area contributed by atoms with Gasteiger partial charge in [0.1, 0.15) is 6.04 Å². The van der Waals surface area contributed by atoms with E-state index in [9.17, 15) is 9.59 Å². The van der Waals surface area contributed by atoms with Gasteiger partial charge in [0.05, 0.1) is 25.0 Å². The highest BCUT2D eigenvalue weighted by Gasteiger charge is 2.43. The van der Waals surface area contributed by atoms with Crippen LogP contribution in [0.25, 0.3) is 5.57 Å². The van der Waals surface area contributed by atoms with Gasteiger partial charge in [0, 0.05) is 25.4 Å². The van der Waals surface area contributed by atoms with Crippen LogP contribution < -0.4 is 5.56 Å².